The summed E-state index contributed by atoms with van der Waals surface area (Å²) in [5, 5.41) is 34.9. The molecule has 2 aromatic carbocycles. The topological polar surface area (TPSA) is 217 Å². The maximum Gasteiger partial charge on any atom is 0.213 e. The Balaban J connectivity index is 0.000000164. The molecule has 7 aromatic rings. The molecule has 6 fully saturated rings. The van der Waals surface area contributed by atoms with E-state index in [0.717, 1.165) is 96.6 Å². The molecule has 0 spiro atoms. The molecule has 19 heteroatoms. The van der Waals surface area contributed by atoms with Crippen molar-refractivity contribution in [3.05, 3.63) is 134 Å². The number of hydrogen-bond donors (Lipinski definition) is 3. The molecule has 6 aliphatic carbocycles. The van der Waals surface area contributed by atoms with Crippen molar-refractivity contribution in [3.63, 3.8) is 0 Å². The zero-order valence-corrected chi connectivity index (χ0v) is 44.3. The Labute approximate surface area is 440 Å². The van der Waals surface area contributed by atoms with Crippen LogP contribution in [0.1, 0.15) is 131 Å². The first-order valence-corrected chi connectivity index (χ1v) is 25.6. The zero-order chi connectivity index (χ0) is 53.5. The second-order valence-corrected chi connectivity index (χ2v) is 23.5. The van der Waals surface area contributed by atoms with Crippen molar-refractivity contribution in [2.75, 3.05) is 29.0 Å². The smallest absolute Gasteiger partial charge is 0.213 e. The van der Waals surface area contributed by atoms with Gasteiger partial charge in [-0.2, -0.15) is 14.0 Å². The van der Waals surface area contributed by atoms with Gasteiger partial charge in [0.05, 0.1) is 32.9 Å². The number of pyridine rings is 2. The van der Waals surface area contributed by atoms with E-state index in [4.69, 9.17) is 23.6 Å². The van der Waals surface area contributed by atoms with E-state index in [2.05, 4.69) is 126 Å². The summed E-state index contributed by atoms with van der Waals surface area (Å²) in [6.07, 6.45) is 18.3. The van der Waals surface area contributed by atoms with E-state index in [1.54, 1.807) is 25.1 Å². The summed E-state index contributed by atoms with van der Waals surface area (Å²) in [5.41, 5.74) is 15.4. The largest absolute Gasteiger partial charge is 0.369 e. The lowest BCUT2D eigenvalue weighted by atomic mass is 9.50. The van der Waals surface area contributed by atoms with Gasteiger partial charge in [0.15, 0.2) is 0 Å². The van der Waals surface area contributed by atoms with Crippen LogP contribution in [0.15, 0.2) is 72.5 Å². The van der Waals surface area contributed by atoms with Crippen LogP contribution in [-0.2, 0) is 12.0 Å². The van der Waals surface area contributed by atoms with Gasteiger partial charge in [-0.15, -0.1) is 11.5 Å². The first-order valence-electron chi connectivity index (χ1n) is 25.2. The lowest BCUT2D eigenvalue weighted by molar-refractivity contribution is -0.0989. The number of anilines is 3. The fraction of sp³-hybridized carbons (Fsp3) is 0.446. The molecule has 6 aliphatic rings. The normalized spacial score (nSPS) is 20.5. The van der Waals surface area contributed by atoms with Gasteiger partial charge in [0.25, 0.3) is 0 Å². The third-order valence-electron chi connectivity index (χ3n) is 14.6. The molecule has 0 aliphatic heterocycles. The molecule has 13 rings (SSSR count). The van der Waals surface area contributed by atoms with Gasteiger partial charge in [0.2, 0.25) is 11.9 Å². The van der Waals surface area contributed by atoms with Crippen LogP contribution in [0.2, 0.25) is 5.02 Å². The summed E-state index contributed by atoms with van der Waals surface area (Å²) in [6, 6.07) is 15.5. The van der Waals surface area contributed by atoms with Crippen LogP contribution in [0.3, 0.4) is 0 Å². The molecular weight excluding hydrogens is 970 g/mol. The van der Waals surface area contributed by atoms with Gasteiger partial charge in [0.1, 0.15) is 36.4 Å². The summed E-state index contributed by atoms with van der Waals surface area (Å²) in [7, 11) is 0. The molecule has 5 heterocycles. The maximum absolute atomic E-state index is 13.9. The molecule has 0 unspecified atom stereocenters. The first-order chi connectivity index (χ1) is 35.7. The number of aryl methyl sites for hydroxylation is 2. The van der Waals surface area contributed by atoms with E-state index < -0.39 is 17.9 Å². The summed E-state index contributed by atoms with van der Waals surface area (Å²) < 4.78 is 29.3. The number of nitrogens with zero attached hydrogens (tertiary/aromatic N) is 13. The second-order valence-electron chi connectivity index (χ2n) is 23.1. The Hall–Kier alpha value is -7.53. The van der Waals surface area contributed by atoms with Gasteiger partial charge in [-0.25, -0.2) is 34.6 Å². The Kier molecular flexibility index (Phi) is 14.4. The molecule has 4 bridgehead atoms. The SMILES string of the molecule is C#C[C@@H](Nc1cc(Cl)c2ncnc(NCC(C)(C)C)c2c1)c1ccc(F)nc1C.Cc1nc(F)ccc1[C@H](Cc1cc(C#N)c2ncnc(NCC(C)(C)C)c2c1)c1cn(C23CC(C2)C3)nn1.[N-]=[N+]=NC12CC(C1)C2. The van der Waals surface area contributed by atoms with Crippen molar-refractivity contribution in [2.45, 2.75) is 123 Å². The van der Waals surface area contributed by atoms with Crippen molar-refractivity contribution in [2.24, 2.45) is 27.8 Å². The van der Waals surface area contributed by atoms with Gasteiger partial charge in [-0.3, -0.25) is 0 Å². The highest BCUT2D eigenvalue weighted by molar-refractivity contribution is 6.35. The number of benzene rings is 2. The van der Waals surface area contributed by atoms with Crippen LogP contribution in [0.5, 0.6) is 0 Å². The van der Waals surface area contributed by atoms with Gasteiger partial charge >= 0.3 is 0 Å². The number of hydrogen-bond acceptors (Lipinski definition) is 13. The van der Waals surface area contributed by atoms with Crippen LogP contribution in [0.4, 0.5) is 26.1 Å². The monoisotopic (exact) mass is 1030 g/mol. The average Bonchev–Trinajstić information content (AvgIpc) is 3.78. The molecule has 0 radical (unpaired) electrons. The number of nitriles is 1. The minimum Gasteiger partial charge on any atom is -0.369 e. The van der Waals surface area contributed by atoms with E-state index >= 15 is 0 Å². The van der Waals surface area contributed by atoms with E-state index in [-0.39, 0.29) is 27.8 Å². The van der Waals surface area contributed by atoms with Crippen LogP contribution in [-0.4, -0.2) is 63.5 Å². The number of fused-ring (bicyclic) bond motifs is 2. The number of terminal acetylenes is 1. The molecule has 75 heavy (non-hydrogen) atoms. The van der Waals surface area contributed by atoms with Crippen molar-refractivity contribution in [3.8, 4) is 18.4 Å². The summed E-state index contributed by atoms with van der Waals surface area (Å²) in [6.45, 7) is 17.9. The third-order valence-corrected chi connectivity index (χ3v) is 14.9. The minimum absolute atomic E-state index is 0.0529. The molecule has 2 atom stereocenters. The molecule has 386 valence electrons. The predicted octanol–water partition coefficient (Wildman–Crippen LogP) is 12.5. The van der Waals surface area contributed by atoms with Gasteiger partial charge in [0, 0.05) is 69.1 Å². The Bertz CT molecular complexity index is 3400. The van der Waals surface area contributed by atoms with E-state index in [9.17, 15) is 14.0 Å². The van der Waals surface area contributed by atoms with E-state index in [0.29, 0.717) is 56.8 Å². The zero-order valence-electron chi connectivity index (χ0n) is 43.5. The number of aromatic nitrogens is 9. The van der Waals surface area contributed by atoms with E-state index in [1.807, 2.05) is 29.8 Å². The van der Waals surface area contributed by atoms with Crippen LogP contribution in [0.25, 0.3) is 32.2 Å². The number of rotatable bonds is 13. The number of nitrogens with one attached hydrogen (secondary N) is 3. The molecule has 0 amide bonds. The molecule has 0 saturated heterocycles. The lowest BCUT2D eigenvalue weighted by Crippen LogP contribution is -2.59. The van der Waals surface area contributed by atoms with Crippen molar-refractivity contribution >= 4 is 50.7 Å². The second kappa shape index (κ2) is 20.6. The molecule has 3 N–H and O–H groups in total. The highest BCUT2D eigenvalue weighted by Gasteiger charge is 2.59. The fourth-order valence-corrected chi connectivity index (χ4v) is 10.7. The van der Waals surface area contributed by atoms with E-state index in [1.165, 1.54) is 24.8 Å². The molecule has 5 aromatic heterocycles. The van der Waals surface area contributed by atoms with Crippen LogP contribution in [0, 0.1) is 72.1 Å². The lowest BCUT2D eigenvalue weighted by Gasteiger charge is -2.61. The summed E-state index contributed by atoms with van der Waals surface area (Å²) >= 11 is 6.48. The standard InChI is InChI=1S/C29H31FN8.C22H23ClFN5.C5H7N3/c1-17-21(5-6-25(30)35-17)22(24-14-38(37-36-24)29-10-19(11-29)12-29)8-18-7-20(13-31)26-23(9-18)27(34-16-33-26)32-15-28(2,3)4;1-6-18(15-7-8-19(24)28-13(15)2)29-14-9-16-20(17(23)10-14)26-12-27-21(16)25-11-22(3,4)5;6-8-7-5-1-4(2-5)3-5/h5-7,9,14,16,19,22H,8,10-12,15H2,1-4H3,(H,32,33,34);1,7-10,12,18,29H,11H2,2-5H3,(H,25,26,27);4H,1-3H2/t19?,22-,29?;18-;/m01./s1. The summed E-state index contributed by atoms with van der Waals surface area (Å²) in [5.74, 6) is 4.59. The Morgan fingerprint density at radius 2 is 1.40 bits per heavy atom. The van der Waals surface area contributed by atoms with Gasteiger partial charge < -0.3 is 16.0 Å². The molecular formula is C56H61ClF2N16. The highest BCUT2D eigenvalue weighted by Crippen LogP contribution is 2.62. The summed E-state index contributed by atoms with van der Waals surface area (Å²) in [4.78, 5) is 28.3. The maximum atomic E-state index is 13.9. The van der Waals surface area contributed by atoms with Crippen LogP contribution >= 0.6 is 11.6 Å². The molecule has 6 saturated carbocycles. The third kappa shape index (κ3) is 11.4. The predicted molar refractivity (Wildman–Crippen MR) is 288 cm³/mol. The quantitative estimate of drug-likeness (QED) is 0.0323. The number of azide groups is 1. The van der Waals surface area contributed by atoms with Gasteiger partial charge in [-0.05, 0) is 141 Å². The van der Waals surface area contributed by atoms with Crippen LogP contribution < -0.4 is 16.0 Å². The average molecular weight is 1030 g/mol. The van der Waals surface area contributed by atoms with Gasteiger partial charge in [-0.1, -0.05) is 75.5 Å². The van der Waals surface area contributed by atoms with Crippen molar-refractivity contribution in [1.82, 2.24) is 44.9 Å². The fourth-order valence-electron chi connectivity index (χ4n) is 10.4. The first kappa shape index (κ1) is 52.3. The van der Waals surface area contributed by atoms with Crippen molar-refractivity contribution < 1.29 is 8.78 Å². The highest BCUT2D eigenvalue weighted by atomic mass is 35.5. The minimum atomic E-state index is -0.539. The molecule has 16 nitrogen and oxygen atoms in total. The Morgan fingerprint density at radius 3 is 1.89 bits per heavy atom. The Morgan fingerprint density at radius 1 is 0.827 bits per heavy atom. The number of halogens is 3. The van der Waals surface area contributed by atoms with Crippen molar-refractivity contribution in [1.29, 1.82) is 5.26 Å².